The van der Waals surface area contributed by atoms with Crippen molar-refractivity contribution in [3.05, 3.63) is 53.3 Å². The summed E-state index contributed by atoms with van der Waals surface area (Å²) in [4.78, 5) is 4.00. The first kappa shape index (κ1) is 19.3. The van der Waals surface area contributed by atoms with E-state index in [0.717, 1.165) is 24.5 Å². The van der Waals surface area contributed by atoms with Crippen LogP contribution in [0.5, 0.6) is 11.5 Å². The van der Waals surface area contributed by atoms with Gasteiger partial charge in [0.05, 0.1) is 6.61 Å². The molecule has 0 N–H and O–H groups in total. The van der Waals surface area contributed by atoms with Gasteiger partial charge in [0.25, 0.3) is 0 Å². The van der Waals surface area contributed by atoms with Gasteiger partial charge in [0.1, 0.15) is 18.1 Å². The third-order valence-corrected chi connectivity index (χ3v) is 4.32. The van der Waals surface area contributed by atoms with Gasteiger partial charge in [-0.3, -0.25) is 4.98 Å². The van der Waals surface area contributed by atoms with Crippen LogP contribution in [0.15, 0.2) is 36.7 Å². The molecule has 3 nitrogen and oxygen atoms in total. The molecule has 3 heteroatoms. The minimum absolute atomic E-state index is 0.559. The molecule has 0 unspecified atom stereocenters. The molecule has 1 aromatic carbocycles. The first-order valence-corrected chi connectivity index (χ1v) is 9.46. The summed E-state index contributed by atoms with van der Waals surface area (Å²) in [6, 6.07) is 8.06. The lowest BCUT2D eigenvalue weighted by molar-refractivity contribution is 0.296. The molecule has 1 heterocycles. The minimum Gasteiger partial charge on any atom is -0.493 e. The second-order valence-electron chi connectivity index (χ2n) is 6.65. The van der Waals surface area contributed by atoms with E-state index in [1.807, 2.05) is 12.1 Å². The zero-order valence-corrected chi connectivity index (χ0v) is 15.9. The molecule has 25 heavy (non-hydrogen) atoms. The van der Waals surface area contributed by atoms with Gasteiger partial charge in [0.2, 0.25) is 0 Å². The second-order valence-corrected chi connectivity index (χ2v) is 6.65. The number of pyridine rings is 1. The zero-order valence-electron chi connectivity index (χ0n) is 15.9. The van der Waals surface area contributed by atoms with Crippen molar-refractivity contribution in [3.8, 4) is 11.5 Å². The predicted molar refractivity (Wildman–Crippen MR) is 103 cm³/mol. The van der Waals surface area contributed by atoms with Gasteiger partial charge in [-0.1, -0.05) is 39.0 Å². The maximum absolute atomic E-state index is 6.04. The summed E-state index contributed by atoms with van der Waals surface area (Å²) in [6.45, 7) is 7.84. The highest BCUT2D eigenvalue weighted by molar-refractivity contribution is 5.43. The van der Waals surface area contributed by atoms with Gasteiger partial charge in [0, 0.05) is 12.4 Å². The molecule has 0 saturated heterocycles. The summed E-state index contributed by atoms with van der Waals surface area (Å²) in [5, 5.41) is 0. The molecular formula is C22H31NO2. The molecule has 0 aliphatic heterocycles. The van der Waals surface area contributed by atoms with Crippen LogP contribution in [0.1, 0.15) is 62.1 Å². The molecule has 0 bridgehead atoms. The Morgan fingerprint density at radius 3 is 2.16 bits per heavy atom. The fraction of sp³-hybridized carbons (Fsp3) is 0.500. The van der Waals surface area contributed by atoms with Crippen LogP contribution < -0.4 is 9.47 Å². The van der Waals surface area contributed by atoms with Crippen LogP contribution in [0.2, 0.25) is 0 Å². The molecule has 0 fully saturated rings. The van der Waals surface area contributed by atoms with Gasteiger partial charge < -0.3 is 9.47 Å². The fourth-order valence-electron chi connectivity index (χ4n) is 3.01. The highest BCUT2D eigenvalue weighted by Crippen LogP contribution is 2.26. The van der Waals surface area contributed by atoms with E-state index in [0.29, 0.717) is 6.61 Å². The van der Waals surface area contributed by atoms with Crippen molar-refractivity contribution in [1.29, 1.82) is 0 Å². The van der Waals surface area contributed by atoms with E-state index >= 15 is 0 Å². The summed E-state index contributed by atoms with van der Waals surface area (Å²) in [5.74, 6) is 1.87. The number of rotatable bonds is 11. The van der Waals surface area contributed by atoms with Crippen molar-refractivity contribution < 1.29 is 9.47 Å². The van der Waals surface area contributed by atoms with Crippen molar-refractivity contribution in [3.63, 3.8) is 0 Å². The molecular weight excluding hydrogens is 310 g/mol. The molecule has 0 atom stereocenters. The number of benzene rings is 1. The van der Waals surface area contributed by atoms with Crippen LogP contribution in [0.25, 0.3) is 0 Å². The number of ether oxygens (including phenoxy) is 2. The Morgan fingerprint density at radius 1 is 0.840 bits per heavy atom. The summed E-state index contributed by atoms with van der Waals surface area (Å²) >= 11 is 0. The molecule has 2 aromatic rings. The van der Waals surface area contributed by atoms with E-state index in [1.54, 1.807) is 12.4 Å². The first-order chi connectivity index (χ1) is 12.2. The van der Waals surface area contributed by atoms with Gasteiger partial charge in [-0.25, -0.2) is 0 Å². The van der Waals surface area contributed by atoms with Gasteiger partial charge >= 0.3 is 0 Å². The molecule has 136 valence electrons. The second kappa shape index (κ2) is 10.8. The predicted octanol–water partition coefficient (Wildman–Crippen LogP) is 6.02. The molecule has 0 saturated carbocycles. The fourth-order valence-corrected chi connectivity index (χ4v) is 3.01. The molecule has 0 spiro atoms. The van der Waals surface area contributed by atoms with E-state index in [4.69, 9.17) is 9.47 Å². The van der Waals surface area contributed by atoms with Crippen LogP contribution in [-0.2, 0) is 6.61 Å². The van der Waals surface area contributed by atoms with Gasteiger partial charge in [-0.05, 0) is 61.2 Å². The van der Waals surface area contributed by atoms with Crippen molar-refractivity contribution >= 4 is 0 Å². The Balaban J connectivity index is 1.80. The van der Waals surface area contributed by atoms with Crippen molar-refractivity contribution in [2.45, 2.75) is 65.9 Å². The Labute approximate surface area is 152 Å². The molecule has 1 aromatic heterocycles. The van der Waals surface area contributed by atoms with Crippen LogP contribution in [-0.4, -0.2) is 11.6 Å². The van der Waals surface area contributed by atoms with E-state index in [-0.39, 0.29) is 0 Å². The van der Waals surface area contributed by atoms with Crippen molar-refractivity contribution in [2.24, 2.45) is 0 Å². The Morgan fingerprint density at radius 2 is 1.48 bits per heavy atom. The topological polar surface area (TPSA) is 31.4 Å². The number of hydrogen-bond donors (Lipinski definition) is 0. The lowest BCUT2D eigenvalue weighted by Gasteiger charge is -2.14. The number of nitrogens with zero attached hydrogens (tertiary/aromatic N) is 1. The molecule has 2 rings (SSSR count). The largest absolute Gasteiger partial charge is 0.493 e. The van der Waals surface area contributed by atoms with Gasteiger partial charge in [-0.15, -0.1) is 0 Å². The maximum Gasteiger partial charge on any atom is 0.125 e. The molecule has 0 aliphatic rings. The number of aromatic nitrogens is 1. The van der Waals surface area contributed by atoms with Crippen LogP contribution in [0.4, 0.5) is 0 Å². The lowest BCUT2D eigenvalue weighted by Crippen LogP contribution is -2.03. The minimum atomic E-state index is 0.559. The van der Waals surface area contributed by atoms with Crippen molar-refractivity contribution in [2.75, 3.05) is 6.61 Å². The average Bonchev–Trinajstić information content (AvgIpc) is 2.62. The van der Waals surface area contributed by atoms with E-state index < -0.39 is 0 Å². The molecule has 0 amide bonds. The third-order valence-electron chi connectivity index (χ3n) is 4.32. The zero-order chi connectivity index (χ0) is 17.9. The van der Waals surface area contributed by atoms with Gasteiger partial charge in [-0.2, -0.15) is 0 Å². The number of aryl methyl sites for hydroxylation is 2. The summed E-state index contributed by atoms with van der Waals surface area (Å²) in [7, 11) is 0. The molecule has 0 radical (unpaired) electrons. The first-order valence-electron chi connectivity index (χ1n) is 9.46. The number of hydrogen-bond acceptors (Lipinski definition) is 3. The average molecular weight is 341 g/mol. The normalized spacial score (nSPS) is 10.7. The lowest BCUT2D eigenvalue weighted by atomic mass is 10.1. The highest BCUT2D eigenvalue weighted by atomic mass is 16.5. The monoisotopic (exact) mass is 341 g/mol. The summed E-state index contributed by atoms with van der Waals surface area (Å²) < 4.78 is 11.8. The van der Waals surface area contributed by atoms with Crippen LogP contribution in [0, 0.1) is 13.8 Å². The standard InChI is InChI=1S/C22H31NO2/c1-4-5-6-7-8-9-14-24-22-18(2)15-20(16-19(22)3)17-25-21-10-12-23-13-11-21/h10-13,15-16H,4-9,14,17H2,1-3H3. The summed E-state index contributed by atoms with van der Waals surface area (Å²) in [6.07, 6.45) is 11.2. The Bertz CT molecular complexity index is 602. The van der Waals surface area contributed by atoms with Gasteiger partial charge in [0.15, 0.2) is 0 Å². The highest BCUT2D eigenvalue weighted by Gasteiger charge is 2.07. The maximum atomic E-state index is 6.04. The SMILES string of the molecule is CCCCCCCCOc1c(C)cc(COc2ccncc2)cc1C. The smallest absolute Gasteiger partial charge is 0.125 e. The van der Waals surface area contributed by atoms with Crippen molar-refractivity contribution in [1.82, 2.24) is 4.98 Å². The Hall–Kier alpha value is -2.03. The van der Waals surface area contributed by atoms with E-state index in [9.17, 15) is 0 Å². The van der Waals surface area contributed by atoms with Crippen LogP contribution in [0.3, 0.4) is 0 Å². The third kappa shape index (κ3) is 6.77. The number of unbranched alkanes of at least 4 members (excludes halogenated alkanes) is 5. The van der Waals surface area contributed by atoms with E-state index in [2.05, 4.69) is 37.9 Å². The molecule has 0 aliphatic carbocycles. The Kier molecular flexibility index (Phi) is 8.30. The quantitative estimate of drug-likeness (QED) is 0.469. The van der Waals surface area contributed by atoms with E-state index in [1.165, 1.54) is 48.8 Å². The van der Waals surface area contributed by atoms with Crippen LogP contribution >= 0.6 is 0 Å². The summed E-state index contributed by atoms with van der Waals surface area (Å²) in [5.41, 5.74) is 3.53.